The van der Waals surface area contributed by atoms with E-state index in [0.29, 0.717) is 17.3 Å². The topological polar surface area (TPSA) is 46.9 Å². The smallest absolute Gasteiger partial charge is 0.265 e. The van der Waals surface area contributed by atoms with Crippen LogP contribution in [0.3, 0.4) is 0 Å². The Balaban J connectivity index is 1.65. The second-order valence-corrected chi connectivity index (χ2v) is 8.74. The number of benzene rings is 2. The fourth-order valence-electron chi connectivity index (χ4n) is 3.61. The molecule has 0 bridgehead atoms. The van der Waals surface area contributed by atoms with Crippen molar-refractivity contribution in [1.29, 1.82) is 0 Å². The van der Waals surface area contributed by atoms with E-state index in [9.17, 15) is 4.79 Å². The molecule has 4 aromatic rings. The summed E-state index contributed by atoms with van der Waals surface area (Å²) in [4.78, 5) is 14.8. The Labute approximate surface area is 175 Å². The number of aryl methyl sites for hydroxylation is 2. The molecule has 2 aromatic heterocycles. The number of carbonyl (C=O) groups excluding carboxylic acids is 1. The van der Waals surface area contributed by atoms with Gasteiger partial charge < -0.3 is 5.32 Å². The molecule has 1 amide bonds. The zero-order chi connectivity index (χ0) is 20.5. The van der Waals surface area contributed by atoms with E-state index in [1.807, 2.05) is 54.9 Å². The average Bonchev–Trinajstić information content (AvgIpc) is 3.25. The van der Waals surface area contributed by atoms with E-state index < -0.39 is 0 Å². The van der Waals surface area contributed by atoms with Crippen LogP contribution in [0.15, 0.2) is 54.6 Å². The first-order chi connectivity index (χ1) is 13.9. The van der Waals surface area contributed by atoms with Crippen molar-refractivity contribution in [2.45, 2.75) is 40.2 Å². The van der Waals surface area contributed by atoms with Gasteiger partial charge in [0.1, 0.15) is 4.83 Å². The average molecular weight is 404 g/mol. The first-order valence-corrected chi connectivity index (χ1v) is 10.7. The molecule has 0 fully saturated rings. The number of anilines is 1. The molecule has 4 rings (SSSR count). The summed E-state index contributed by atoms with van der Waals surface area (Å²) in [5, 5.41) is 8.88. The molecule has 0 atom stereocenters. The summed E-state index contributed by atoms with van der Waals surface area (Å²) in [6.45, 7) is 9.02. The molecular weight excluding hydrogens is 378 g/mol. The van der Waals surface area contributed by atoms with Crippen LogP contribution in [-0.4, -0.2) is 15.7 Å². The predicted octanol–water partition coefficient (Wildman–Crippen LogP) is 6.14. The van der Waals surface area contributed by atoms with Gasteiger partial charge >= 0.3 is 0 Å². The van der Waals surface area contributed by atoms with Crippen molar-refractivity contribution in [2.24, 2.45) is 0 Å². The third-order valence-corrected chi connectivity index (χ3v) is 6.32. The SMILES string of the molecule is Cc1cccc(C(C)C)c1NC(=O)c1cc2c(C)nn(Cc3ccccc3)c2s1. The summed E-state index contributed by atoms with van der Waals surface area (Å²) in [6.07, 6.45) is 0. The predicted molar refractivity (Wildman–Crippen MR) is 121 cm³/mol. The maximum atomic E-state index is 13.1. The minimum absolute atomic E-state index is 0.0620. The van der Waals surface area contributed by atoms with E-state index in [1.165, 1.54) is 16.9 Å². The first-order valence-electron chi connectivity index (χ1n) is 9.85. The molecule has 2 aromatic carbocycles. The van der Waals surface area contributed by atoms with Crippen molar-refractivity contribution in [3.05, 3.63) is 81.9 Å². The summed E-state index contributed by atoms with van der Waals surface area (Å²) in [6, 6.07) is 18.4. The van der Waals surface area contributed by atoms with Crippen molar-refractivity contribution in [3.8, 4) is 0 Å². The van der Waals surface area contributed by atoms with Gasteiger partial charge in [-0.25, -0.2) is 0 Å². The van der Waals surface area contributed by atoms with Gasteiger partial charge in [0.25, 0.3) is 5.91 Å². The Morgan fingerprint density at radius 3 is 2.59 bits per heavy atom. The standard InChI is InChI=1S/C24H25N3OS/c1-15(2)19-12-8-9-16(3)22(19)25-23(28)21-13-20-17(4)26-27(24(20)29-21)14-18-10-6-5-7-11-18/h5-13,15H,14H2,1-4H3,(H,25,28). The molecule has 0 saturated heterocycles. The van der Waals surface area contributed by atoms with Gasteiger partial charge in [0.05, 0.1) is 17.1 Å². The Morgan fingerprint density at radius 1 is 1.10 bits per heavy atom. The molecule has 0 spiro atoms. The van der Waals surface area contributed by atoms with E-state index in [4.69, 9.17) is 0 Å². The van der Waals surface area contributed by atoms with Crippen LogP contribution >= 0.6 is 11.3 Å². The number of carbonyl (C=O) groups is 1. The van der Waals surface area contributed by atoms with Gasteiger partial charge in [0, 0.05) is 11.1 Å². The molecule has 2 heterocycles. The lowest BCUT2D eigenvalue weighted by Gasteiger charge is -2.16. The molecule has 0 aliphatic carbocycles. The number of hydrogen-bond donors (Lipinski definition) is 1. The van der Waals surface area contributed by atoms with Gasteiger partial charge in [-0.2, -0.15) is 5.10 Å². The maximum Gasteiger partial charge on any atom is 0.265 e. The van der Waals surface area contributed by atoms with Gasteiger partial charge in [-0.15, -0.1) is 11.3 Å². The summed E-state index contributed by atoms with van der Waals surface area (Å²) in [5.41, 5.74) is 5.30. The number of nitrogens with zero attached hydrogens (tertiary/aromatic N) is 2. The van der Waals surface area contributed by atoms with Gasteiger partial charge in [-0.1, -0.05) is 62.4 Å². The lowest BCUT2D eigenvalue weighted by atomic mass is 9.98. The number of hydrogen-bond acceptors (Lipinski definition) is 3. The number of aromatic nitrogens is 2. The van der Waals surface area contributed by atoms with Crippen LogP contribution in [-0.2, 0) is 6.54 Å². The molecule has 0 aliphatic rings. The zero-order valence-corrected chi connectivity index (χ0v) is 18.0. The van der Waals surface area contributed by atoms with Crippen LogP contribution < -0.4 is 5.32 Å². The molecule has 0 aliphatic heterocycles. The van der Waals surface area contributed by atoms with Gasteiger partial charge in [-0.05, 0) is 42.5 Å². The lowest BCUT2D eigenvalue weighted by molar-refractivity contribution is 0.103. The number of para-hydroxylation sites is 1. The van der Waals surface area contributed by atoms with Gasteiger partial charge in [0.2, 0.25) is 0 Å². The van der Waals surface area contributed by atoms with Gasteiger partial charge in [0.15, 0.2) is 0 Å². The summed E-state index contributed by atoms with van der Waals surface area (Å²) < 4.78 is 1.99. The first kappa shape index (κ1) is 19.4. The highest BCUT2D eigenvalue weighted by Crippen LogP contribution is 2.31. The maximum absolute atomic E-state index is 13.1. The fourth-order valence-corrected chi connectivity index (χ4v) is 4.66. The third kappa shape index (κ3) is 3.83. The van der Waals surface area contributed by atoms with E-state index in [2.05, 4.69) is 42.5 Å². The van der Waals surface area contributed by atoms with Crippen molar-refractivity contribution >= 4 is 33.1 Å². The van der Waals surface area contributed by atoms with Crippen molar-refractivity contribution in [1.82, 2.24) is 9.78 Å². The van der Waals surface area contributed by atoms with Crippen LogP contribution in [0.2, 0.25) is 0 Å². The number of amides is 1. The second kappa shape index (κ2) is 7.84. The zero-order valence-electron chi connectivity index (χ0n) is 17.2. The molecule has 0 saturated carbocycles. The van der Waals surface area contributed by atoms with Gasteiger partial charge in [-0.3, -0.25) is 9.48 Å². The highest BCUT2D eigenvalue weighted by Gasteiger charge is 2.18. The van der Waals surface area contributed by atoms with E-state index >= 15 is 0 Å². The monoisotopic (exact) mass is 403 g/mol. The van der Waals surface area contributed by atoms with Crippen molar-refractivity contribution < 1.29 is 4.79 Å². The van der Waals surface area contributed by atoms with Crippen LogP contribution in [0.5, 0.6) is 0 Å². The minimum Gasteiger partial charge on any atom is -0.321 e. The lowest BCUT2D eigenvalue weighted by Crippen LogP contribution is -2.13. The van der Waals surface area contributed by atoms with E-state index in [-0.39, 0.29) is 5.91 Å². The molecule has 0 unspecified atom stereocenters. The molecule has 4 nitrogen and oxygen atoms in total. The normalized spacial score (nSPS) is 11.3. The van der Waals surface area contributed by atoms with E-state index in [0.717, 1.165) is 32.7 Å². The quantitative estimate of drug-likeness (QED) is 0.435. The molecule has 29 heavy (non-hydrogen) atoms. The Hall–Kier alpha value is -2.92. The Bertz CT molecular complexity index is 1170. The third-order valence-electron chi connectivity index (χ3n) is 5.17. The second-order valence-electron chi connectivity index (χ2n) is 7.71. The van der Waals surface area contributed by atoms with Crippen LogP contribution in [0.1, 0.15) is 51.8 Å². The number of nitrogens with one attached hydrogen (secondary N) is 1. The molecule has 148 valence electrons. The largest absolute Gasteiger partial charge is 0.321 e. The van der Waals surface area contributed by atoms with Crippen LogP contribution in [0, 0.1) is 13.8 Å². The molecule has 0 radical (unpaired) electrons. The minimum atomic E-state index is -0.0620. The summed E-state index contributed by atoms with van der Waals surface area (Å²) in [7, 11) is 0. The van der Waals surface area contributed by atoms with E-state index in [1.54, 1.807) is 0 Å². The van der Waals surface area contributed by atoms with Crippen LogP contribution in [0.25, 0.3) is 10.2 Å². The van der Waals surface area contributed by atoms with Crippen molar-refractivity contribution in [2.75, 3.05) is 5.32 Å². The number of thiophene rings is 1. The summed E-state index contributed by atoms with van der Waals surface area (Å²) in [5.74, 6) is 0.280. The molecule has 1 N–H and O–H groups in total. The Morgan fingerprint density at radius 2 is 1.86 bits per heavy atom. The highest BCUT2D eigenvalue weighted by molar-refractivity contribution is 7.20. The number of rotatable bonds is 5. The Kier molecular flexibility index (Phi) is 5.24. The number of fused-ring (bicyclic) bond motifs is 1. The highest BCUT2D eigenvalue weighted by atomic mass is 32.1. The molecule has 5 heteroatoms. The summed E-state index contributed by atoms with van der Waals surface area (Å²) >= 11 is 1.50. The van der Waals surface area contributed by atoms with Crippen molar-refractivity contribution in [3.63, 3.8) is 0 Å². The molecular formula is C24H25N3OS. The van der Waals surface area contributed by atoms with Crippen LogP contribution in [0.4, 0.5) is 5.69 Å². The fraction of sp³-hybridized carbons (Fsp3) is 0.250.